The number of furan rings is 1. The number of nitrogens with one attached hydrogen (secondary N) is 1. The first-order chi connectivity index (χ1) is 13.4. The third-order valence-electron chi connectivity index (χ3n) is 4.41. The van der Waals surface area contributed by atoms with Gasteiger partial charge in [-0.05, 0) is 48.4 Å². The largest absolute Gasteiger partial charge is 0.494 e. The van der Waals surface area contributed by atoms with E-state index in [9.17, 15) is 18.8 Å². The van der Waals surface area contributed by atoms with Crippen molar-refractivity contribution in [1.82, 2.24) is 5.32 Å². The zero-order valence-electron chi connectivity index (χ0n) is 14.7. The number of ketones is 1. The summed E-state index contributed by atoms with van der Waals surface area (Å²) < 4.78 is 24.3. The Morgan fingerprint density at radius 1 is 1.21 bits per heavy atom. The minimum Gasteiger partial charge on any atom is -0.494 e. The molecule has 8 heteroatoms. The van der Waals surface area contributed by atoms with Gasteiger partial charge in [-0.3, -0.25) is 19.7 Å². The lowest BCUT2D eigenvalue weighted by molar-refractivity contribution is -0.118. The number of halogens is 1. The molecule has 2 aromatic carbocycles. The van der Waals surface area contributed by atoms with E-state index in [-0.39, 0.29) is 28.2 Å². The second kappa shape index (κ2) is 7.12. The minimum atomic E-state index is -0.631. The van der Waals surface area contributed by atoms with E-state index in [0.29, 0.717) is 17.4 Å². The van der Waals surface area contributed by atoms with Crippen LogP contribution in [0.25, 0.3) is 11.0 Å². The Labute approximate surface area is 163 Å². The topological polar surface area (TPSA) is 85.6 Å². The SMILES string of the molecule is COc1ccc(C(=O)c2cc3cc(CC4SC(=O)NC4=O)ccc3o2)cc1F. The highest BCUT2D eigenvalue weighted by atomic mass is 32.2. The second-order valence-electron chi connectivity index (χ2n) is 6.25. The number of fused-ring (bicyclic) bond motifs is 1. The molecule has 1 N–H and O–H groups in total. The molecular formula is C20H14FNO5S. The van der Waals surface area contributed by atoms with Gasteiger partial charge in [0.25, 0.3) is 5.24 Å². The van der Waals surface area contributed by atoms with Crippen molar-refractivity contribution in [3.63, 3.8) is 0 Å². The van der Waals surface area contributed by atoms with Crippen LogP contribution in [0.5, 0.6) is 5.75 Å². The van der Waals surface area contributed by atoms with Crippen LogP contribution in [0.1, 0.15) is 21.7 Å². The predicted molar refractivity (Wildman–Crippen MR) is 101 cm³/mol. The van der Waals surface area contributed by atoms with Crippen LogP contribution in [0.2, 0.25) is 0 Å². The van der Waals surface area contributed by atoms with Gasteiger partial charge in [0.1, 0.15) is 5.58 Å². The van der Waals surface area contributed by atoms with Crippen LogP contribution in [0, 0.1) is 5.82 Å². The predicted octanol–water partition coefficient (Wildman–Crippen LogP) is 3.71. The average Bonchev–Trinajstić information content (AvgIpc) is 3.23. The van der Waals surface area contributed by atoms with Crippen molar-refractivity contribution in [2.24, 2.45) is 0 Å². The molecule has 1 atom stereocenters. The maximum Gasteiger partial charge on any atom is 0.286 e. The normalized spacial score (nSPS) is 16.4. The highest BCUT2D eigenvalue weighted by Crippen LogP contribution is 2.27. The monoisotopic (exact) mass is 399 g/mol. The first-order valence-electron chi connectivity index (χ1n) is 8.37. The molecule has 6 nitrogen and oxygen atoms in total. The van der Waals surface area contributed by atoms with E-state index in [1.54, 1.807) is 24.3 Å². The van der Waals surface area contributed by atoms with Crippen LogP contribution in [0.3, 0.4) is 0 Å². The number of carbonyl (C=O) groups excluding carboxylic acids is 3. The number of methoxy groups -OCH3 is 1. The molecule has 1 aliphatic heterocycles. The summed E-state index contributed by atoms with van der Waals surface area (Å²) >= 11 is 0.963. The van der Waals surface area contributed by atoms with Crippen LogP contribution >= 0.6 is 11.8 Å². The Morgan fingerprint density at radius 2 is 2.04 bits per heavy atom. The molecule has 2 heterocycles. The van der Waals surface area contributed by atoms with E-state index in [0.717, 1.165) is 23.4 Å². The molecule has 0 spiro atoms. The number of carbonyl (C=O) groups is 3. The van der Waals surface area contributed by atoms with E-state index in [1.807, 2.05) is 0 Å². The summed E-state index contributed by atoms with van der Waals surface area (Å²) in [6.07, 6.45) is 0.385. The summed E-state index contributed by atoms with van der Waals surface area (Å²) in [5.74, 6) is -1.25. The molecule has 4 rings (SSSR count). The van der Waals surface area contributed by atoms with Crippen molar-refractivity contribution in [2.75, 3.05) is 7.11 Å². The van der Waals surface area contributed by atoms with Crippen LogP contribution in [-0.2, 0) is 11.2 Å². The molecular weight excluding hydrogens is 385 g/mol. The Balaban J connectivity index is 1.59. The number of amides is 2. The molecule has 0 aliphatic carbocycles. The van der Waals surface area contributed by atoms with Crippen LogP contribution in [0.4, 0.5) is 9.18 Å². The van der Waals surface area contributed by atoms with Crippen molar-refractivity contribution >= 4 is 39.7 Å². The average molecular weight is 399 g/mol. The molecule has 3 aromatic rings. The van der Waals surface area contributed by atoms with E-state index in [2.05, 4.69) is 5.32 Å². The molecule has 0 radical (unpaired) electrons. The summed E-state index contributed by atoms with van der Waals surface area (Å²) in [4.78, 5) is 35.6. The van der Waals surface area contributed by atoms with Gasteiger partial charge in [-0.2, -0.15) is 0 Å². The number of hydrogen-bond acceptors (Lipinski definition) is 6. The molecule has 0 bridgehead atoms. The van der Waals surface area contributed by atoms with Crippen LogP contribution < -0.4 is 10.1 Å². The maximum absolute atomic E-state index is 13.9. The number of benzene rings is 2. The third-order valence-corrected chi connectivity index (χ3v) is 5.39. The molecule has 1 aliphatic rings. The fraction of sp³-hybridized carbons (Fsp3) is 0.150. The van der Waals surface area contributed by atoms with Crippen molar-refractivity contribution in [2.45, 2.75) is 11.7 Å². The quantitative estimate of drug-likeness (QED) is 0.659. The van der Waals surface area contributed by atoms with E-state index < -0.39 is 16.9 Å². The van der Waals surface area contributed by atoms with Gasteiger partial charge in [0.2, 0.25) is 11.7 Å². The molecule has 2 amide bonds. The summed E-state index contributed by atoms with van der Waals surface area (Å²) in [5, 5.41) is 2.12. The Bertz CT molecular complexity index is 1120. The molecule has 0 saturated carbocycles. The zero-order chi connectivity index (χ0) is 19.8. The lowest BCUT2D eigenvalue weighted by atomic mass is 10.1. The van der Waals surface area contributed by atoms with Gasteiger partial charge < -0.3 is 9.15 Å². The van der Waals surface area contributed by atoms with Gasteiger partial charge in [0, 0.05) is 10.9 Å². The van der Waals surface area contributed by atoms with Crippen molar-refractivity contribution in [3.05, 3.63) is 65.2 Å². The number of hydrogen-bond donors (Lipinski definition) is 1. The molecule has 1 aromatic heterocycles. The standard InChI is InChI=1S/C20H14FNO5S/c1-26-15-5-3-11(8-13(15)21)18(23)16-9-12-6-10(2-4-14(12)27-16)7-17-19(24)22-20(25)28-17/h2-6,8-9,17H,7H2,1H3,(H,22,24,25). The summed E-state index contributed by atoms with van der Waals surface area (Å²) in [6.45, 7) is 0. The summed E-state index contributed by atoms with van der Waals surface area (Å²) in [7, 11) is 1.35. The van der Waals surface area contributed by atoms with Crippen molar-refractivity contribution < 1.29 is 27.9 Å². The number of imide groups is 1. The van der Waals surface area contributed by atoms with Gasteiger partial charge in [-0.1, -0.05) is 17.8 Å². The van der Waals surface area contributed by atoms with Gasteiger partial charge in [-0.25, -0.2) is 4.39 Å². The summed E-state index contributed by atoms with van der Waals surface area (Å²) in [5.41, 5.74) is 1.49. The smallest absolute Gasteiger partial charge is 0.286 e. The lowest BCUT2D eigenvalue weighted by Gasteiger charge is -2.04. The highest BCUT2D eigenvalue weighted by molar-refractivity contribution is 8.15. The van der Waals surface area contributed by atoms with Gasteiger partial charge >= 0.3 is 0 Å². The van der Waals surface area contributed by atoms with Crippen LogP contribution in [-0.4, -0.2) is 29.3 Å². The molecule has 142 valence electrons. The summed E-state index contributed by atoms with van der Waals surface area (Å²) in [6, 6.07) is 10.8. The highest BCUT2D eigenvalue weighted by Gasteiger charge is 2.31. The number of ether oxygens (including phenoxy) is 1. The minimum absolute atomic E-state index is 0.0538. The Morgan fingerprint density at radius 3 is 2.71 bits per heavy atom. The van der Waals surface area contributed by atoms with Crippen LogP contribution in [0.15, 0.2) is 46.9 Å². The number of thioether (sulfide) groups is 1. The first-order valence-corrected chi connectivity index (χ1v) is 9.25. The van der Waals surface area contributed by atoms with E-state index in [1.165, 1.54) is 19.2 Å². The Hall–Kier alpha value is -3.13. The van der Waals surface area contributed by atoms with Gasteiger partial charge in [0.15, 0.2) is 17.3 Å². The third kappa shape index (κ3) is 3.38. The molecule has 28 heavy (non-hydrogen) atoms. The first kappa shape index (κ1) is 18.2. The van der Waals surface area contributed by atoms with Gasteiger partial charge in [0.05, 0.1) is 12.4 Å². The maximum atomic E-state index is 13.9. The fourth-order valence-electron chi connectivity index (χ4n) is 3.02. The number of rotatable bonds is 5. The Kier molecular flexibility index (Phi) is 4.64. The van der Waals surface area contributed by atoms with Crippen molar-refractivity contribution in [3.8, 4) is 5.75 Å². The fourth-order valence-corrected chi connectivity index (χ4v) is 3.88. The lowest BCUT2D eigenvalue weighted by Crippen LogP contribution is -2.25. The molecule has 1 saturated heterocycles. The van der Waals surface area contributed by atoms with Crippen molar-refractivity contribution in [1.29, 1.82) is 0 Å². The second-order valence-corrected chi connectivity index (χ2v) is 7.42. The zero-order valence-corrected chi connectivity index (χ0v) is 15.5. The molecule has 1 fully saturated rings. The van der Waals surface area contributed by atoms with Gasteiger partial charge in [-0.15, -0.1) is 0 Å². The van der Waals surface area contributed by atoms with E-state index in [4.69, 9.17) is 9.15 Å². The molecule has 1 unspecified atom stereocenters. The van der Waals surface area contributed by atoms with E-state index >= 15 is 0 Å².